The molecule has 6 nitrogen and oxygen atoms in total. The first kappa shape index (κ1) is 15.3. The van der Waals surface area contributed by atoms with Crippen LogP contribution in [-0.4, -0.2) is 39.2 Å². The summed E-state index contributed by atoms with van der Waals surface area (Å²) < 4.78 is 23.7. The molecule has 0 rings (SSSR count). The predicted octanol–water partition coefficient (Wildman–Crippen LogP) is -0.831. The number of rotatable bonds is 7. The Bertz CT molecular complexity index is 319. The van der Waals surface area contributed by atoms with Gasteiger partial charge in [0, 0.05) is 25.0 Å². The van der Waals surface area contributed by atoms with E-state index in [4.69, 9.17) is 5.73 Å². The Morgan fingerprint density at radius 2 is 1.88 bits per heavy atom. The number of hydrogen-bond donors (Lipinski definition) is 3. The van der Waals surface area contributed by atoms with Gasteiger partial charge in [-0.1, -0.05) is 0 Å². The third kappa shape index (κ3) is 11.4. The van der Waals surface area contributed by atoms with Crippen LogP contribution in [0.4, 0.5) is 0 Å². The number of carbonyl (C=O) groups excluding carboxylic acids is 1. The van der Waals surface area contributed by atoms with Crippen LogP contribution in [0.15, 0.2) is 0 Å². The summed E-state index contributed by atoms with van der Waals surface area (Å²) in [6.45, 7) is 4.32. The molecule has 4 N–H and O–H groups in total. The molecule has 1 amide bonds. The Hall–Kier alpha value is -0.660. The van der Waals surface area contributed by atoms with E-state index in [9.17, 15) is 13.2 Å². The van der Waals surface area contributed by atoms with Crippen LogP contribution in [0, 0.1) is 0 Å². The number of hydrogen-bond acceptors (Lipinski definition) is 4. The molecule has 0 atom stereocenters. The summed E-state index contributed by atoms with van der Waals surface area (Å²) in [5.74, 6) is -0.119. The zero-order chi connectivity index (χ0) is 12.8. The smallest absolute Gasteiger partial charge is 0.221 e. The van der Waals surface area contributed by atoms with Crippen molar-refractivity contribution in [2.75, 3.05) is 19.3 Å². The summed E-state index contributed by atoms with van der Waals surface area (Å²) >= 11 is 0. The minimum absolute atomic E-state index is 0.119. The number of carbonyl (C=O) groups is 1. The fraction of sp³-hybridized carbons (Fsp3) is 0.889. The van der Waals surface area contributed by atoms with Crippen LogP contribution in [0.3, 0.4) is 0 Å². The lowest BCUT2D eigenvalue weighted by molar-refractivity contribution is -0.121. The topological polar surface area (TPSA) is 101 Å². The molecule has 0 unspecified atom stereocenters. The third-order valence-electron chi connectivity index (χ3n) is 1.66. The van der Waals surface area contributed by atoms with Crippen LogP contribution >= 0.6 is 0 Å². The van der Waals surface area contributed by atoms with Crippen molar-refractivity contribution in [1.82, 2.24) is 10.0 Å². The molecule has 0 spiro atoms. The molecular formula is C9H21N3O3S. The van der Waals surface area contributed by atoms with E-state index in [-0.39, 0.29) is 12.3 Å². The average Bonchev–Trinajstić information content (AvgIpc) is 1.97. The van der Waals surface area contributed by atoms with Gasteiger partial charge in [0.15, 0.2) is 0 Å². The number of nitrogens with one attached hydrogen (secondary N) is 2. The molecule has 0 radical (unpaired) electrons. The highest BCUT2D eigenvalue weighted by molar-refractivity contribution is 7.88. The SMILES string of the molecule is CC(C)(N)CC(=O)NCCCNS(C)(=O)=O. The average molecular weight is 251 g/mol. The van der Waals surface area contributed by atoms with E-state index in [0.717, 1.165) is 6.26 Å². The fourth-order valence-corrected chi connectivity index (χ4v) is 1.57. The highest BCUT2D eigenvalue weighted by Gasteiger charge is 2.15. The molecule has 0 saturated heterocycles. The first-order valence-electron chi connectivity index (χ1n) is 5.10. The second-order valence-electron chi connectivity index (χ2n) is 4.54. The van der Waals surface area contributed by atoms with Gasteiger partial charge in [0.05, 0.1) is 6.26 Å². The van der Waals surface area contributed by atoms with Crippen molar-refractivity contribution in [3.63, 3.8) is 0 Å². The molecule has 0 heterocycles. The van der Waals surface area contributed by atoms with E-state index in [1.807, 2.05) is 0 Å². The van der Waals surface area contributed by atoms with Gasteiger partial charge < -0.3 is 11.1 Å². The van der Waals surface area contributed by atoms with Crippen molar-refractivity contribution in [2.24, 2.45) is 5.73 Å². The van der Waals surface area contributed by atoms with Crippen LogP contribution in [0.5, 0.6) is 0 Å². The zero-order valence-electron chi connectivity index (χ0n) is 10.0. The van der Waals surface area contributed by atoms with Crippen LogP contribution in [0.2, 0.25) is 0 Å². The summed E-state index contributed by atoms with van der Waals surface area (Å²) in [5.41, 5.74) is 5.15. The van der Waals surface area contributed by atoms with Gasteiger partial charge >= 0.3 is 0 Å². The van der Waals surface area contributed by atoms with Crippen LogP contribution < -0.4 is 15.8 Å². The van der Waals surface area contributed by atoms with Gasteiger partial charge in [-0.2, -0.15) is 0 Å². The van der Waals surface area contributed by atoms with E-state index in [2.05, 4.69) is 10.0 Å². The number of nitrogens with two attached hydrogens (primary N) is 1. The van der Waals surface area contributed by atoms with Crippen molar-refractivity contribution in [3.05, 3.63) is 0 Å². The predicted molar refractivity (Wildman–Crippen MR) is 63.4 cm³/mol. The maximum absolute atomic E-state index is 11.3. The molecule has 0 aliphatic carbocycles. The van der Waals surface area contributed by atoms with Gasteiger partial charge in [0.25, 0.3) is 0 Å². The quantitative estimate of drug-likeness (QED) is 0.514. The van der Waals surface area contributed by atoms with Gasteiger partial charge in [-0.15, -0.1) is 0 Å². The number of amides is 1. The molecular weight excluding hydrogens is 230 g/mol. The lowest BCUT2D eigenvalue weighted by Crippen LogP contribution is -2.39. The van der Waals surface area contributed by atoms with E-state index in [0.29, 0.717) is 19.5 Å². The Kier molecular flexibility index (Phi) is 5.91. The molecule has 0 aliphatic heterocycles. The van der Waals surface area contributed by atoms with E-state index in [1.165, 1.54) is 0 Å². The minimum atomic E-state index is -3.14. The maximum atomic E-state index is 11.3. The van der Waals surface area contributed by atoms with Crippen molar-refractivity contribution in [3.8, 4) is 0 Å². The molecule has 16 heavy (non-hydrogen) atoms. The van der Waals surface area contributed by atoms with Gasteiger partial charge in [0.1, 0.15) is 0 Å². The van der Waals surface area contributed by atoms with Gasteiger partial charge in [-0.3, -0.25) is 4.79 Å². The summed E-state index contributed by atoms with van der Waals surface area (Å²) in [4.78, 5) is 11.3. The first-order chi connectivity index (χ1) is 7.10. The molecule has 96 valence electrons. The third-order valence-corrected chi connectivity index (χ3v) is 2.38. The standard InChI is InChI=1S/C9H21N3O3S/c1-9(2,10)7-8(13)11-5-4-6-12-16(3,14)15/h12H,4-7,10H2,1-3H3,(H,11,13). The van der Waals surface area contributed by atoms with Crippen molar-refractivity contribution >= 4 is 15.9 Å². The molecule has 0 saturated carbocycles. The molecule has 0 aromatic carbocycles. The Morgan fingerprint density at radius 3 is 2.31 bits per heavy atom. The summed E-state index contributed by atoms with van der Waals surface area (Å²) in [6, 6.07) is 0. The Labute approximate surface area is 97.0 Å². The molecule has 0 aromatic rings. The lowest BCUT2D eigenvalue weighted by Gasteiger charge is -2.17. The highest BCUT2D eigenvalue weighted by Crippen LogP contribution is 2.02. The van der Waals surface area contributed by atoms with Crippen molar-refractivity contribution < 1.29 is 13.2 Å². The summed E-state index contributed by atoms with van der Waals surface area (Å²) in [7, 11) is -3.14. The minimum Gasteiger partial charge on any atom is -0.356 e. The van der Waals surface area contributed by atoms with Gasteiger partial charge in [0.2, 0.25) is 15.9 Å². The van der Waals surface area contributed by atoms with Crippen LogP contribution in [0.1, 0.15) is 26.7 Å². The second-order valence-corrected chi connectivity index (χ2v) is 6.37. The lowest BCUT2D eigenvalue weighted by atomic mass is 10.0. The zero-order valence-corrected chi connectivity index (χ0v) is 10.9. The Morgan fingerprint density at radius 1 is 1.31 bits per heavy atom. The second kappa shape index (κ2) is 6.17. The normalized spacial score (nSPS) is 12.5. The van der Waals surface area contributed by atoms with E-state index < -0.39 is 15.6 Å². The van der Waals surface area contributed by atoms with Crippen LogP contribution in [0.25, 0.3) is 0 Å². The highest BCUT2D eigenvalue weighted by atomic mass is 32.2. The van der Waals surface area contributed by atoms with Crippen LogP contribution in [-0.2, 0) is 14.8 Å². The molecule has 0 aromatic heterocycles. The molecule has 0 bridgehead atoms. The largest absolute Gasteiger partial charge is 0.356 e. The first-order valence-corrected chi connectivity index (χ1v) is 6.99. The fourth-order valence-electron chi connectivity index (χ4n) is 1.05. The maximum Gasteiger partial charge on any atom is 0.221 e. The van der Waals surface area contributed by atoms with Crippen molar-refractivity contribution in [2.45, 2.75) is 32.2 Å². The summed E-state index contributed by atoms with van der Waals surface area (Å²) in [5, 5.41) is 2.67. The monoisotopic (exact) mass is 251 g/mol. The molecule has 0 fully saturated rings. The molecule has 0 aliphatic rings. The number of sulfonamides is 1. The van der Waals surface area contributed by atoms with Crippen molar-refractivity contribution in [1.29, 1.82) is 0 Å². The van der Waals surface area contributed by atoms with E-state index >= 15 is 0 Å². The Balaban J connectivity index is 3.57. The van der Waals surface area contributed by atoms with E-state index in [1.54, 1.807) is 13.8 Å². The van der Waals surface area contributed by atoms with Gasteiger partial charge in [-0.25, -0.2) is 13.1 Å². The molecule has 7 heteroatoms. The van der Waals surface area contributed by atoms with Gasteiger partial charge in [-0.05, 0) is 20.3 Å². The summed E-state index contributed by atoms with van der Waals surface area (Å²) in [6.07, 6.45) is 1.92.